The van der Waals surface area contributed by atoms with Crippen molar-refractivity contribution in [1.29, 1.82) is 0 Å². The van der Waals surface area contributed by atoms with E-state index >= 15 is 0 Å². The SMILES string of the molecule is COc1ccccc1C(N)CC(=O)O. The van der Waals surface area contributed by atoms with E-state index in [9.17, 15) is 4.79 Å². The highest BCUT2D eigenvalue weighted by molar-refractivity contribution is 5.68. The third kappa shape index (κ3) is 2.47. The van der Waals surface area contributed by atoms with E-state index in [0.717, 1.165) is 5.56 Å². The van der Waals surface area contributed by atoms with E-state index in [1.807, 2.05) is 6.07 Å². The van der Waals surface area contributed by atoms with Crippen LogP contribution in [0.1, 0.15) is 18.0 Å². The molecule has 0 heterocycles. The number of methoxy groups -OCH3 is 1. The summed E-state index contributed by atoms with van der Waals surface area (Å²) in [4.78, 5) is 10.5. The first-order chi connectivity index (χ1) is 6.65. The molecule has 1 aromatic carbocycles. The zero-order valence-corrected chi connectivity index (χ0v) is 7.93. The average Bonchev–Trinajstić information content (AvgIpc) is 2.16. The second-order valence-corrected chi connectivity index (χ2v) is 2.95. The number of aliphatic carboxylic acids is 1. The van der Waals surface area contributed by atoms with Crippen molar-refractivity contribution >= 4 is 5.97 Å². The number of para-hydroxylation sites is 1. The predicted molar refractivity (Wildman–Crippen MR) is 52.2 cm³/mol. The fourth-order valence-corrected chi connectivity index (χ4v) is 1.27. The summed E-state index contributed by atoms with van der Waals surface area (Å²) in [5.74, 6) is -0.287. The van der Waals surface area contributed by atoms with E-state index < -0.39 is 12.0 Å². The molecule has 3 N–H and O–H groups in total. The molecule has 0 aliphatic carbocycles. The van der Waals surface area contributed by atoms with E-state index in [1.165, 1.54) is 7.11 Å². The summed E-state index contributed by atoms with van der Waals surface area (Å²) in [5.41, 5.74) is 6.43. The Morgan fingerprint density at radius 2 is 2.21 bits per heavy atom. The molecule has 1 rings (SSSR count). The first kappa shape index (κ1) is 10.5. The van der Waals surface area contributed by atoms with Gasteiger partial charge in [0.15, 0.2) is 0 Å². The second-order valence-electron chi connectivity index (χ2n) is 2.95. The molecule has 0 bridgehead atoms. The molecule has 0 fully saturated rings. The van der Waals surface area contributed by atoms with E-state index in [1.54, 1.807) is 18.2 Å². The summed E-state index contributed by atoms with van der Waals surface area (Å²) in [6.07, 6.45) is -0.0969. The highest BCUT2D eigenvalue weighted by Crippen LogP contribution is 2.24. The van der Waals surface area contributed by atoms with Crippen molar-refractivity contribution in [3.63, 3.8) is 0 Å². The molecule has 0 saturated heterocycles. The molecule has 1 aromatic rings. The van der Waals surface area contributed by atoms with E-state index in [-0.39, 0.29) is 6.42 Å². The normalized spacial score (nSPS) is 12.1. The van der Waals surface area contributed by atoms with Crippen LogP contribution in [0.5, 0.6) is 5.75 Å². The van der Waals surface area contributed by atoms with Crippen LogP contribution in [0.15, 0.2) is 24.3 Å². The molecule has 0 aliphatic heterocycles. The molecule has 0 aromatic heterocycles. The summed E-state index contributed by atoms with van der Waals surface area (Å²) in [5, 5.41) is 8.59. The lowest BCUT2D eigenvalue weighted by Gasteiger charge is -2.13. The van der Waals surface area contributed by atoms with Crippen molar-refractivity contribution in [2.75, 3.05) is 7.11 Å². The molecule has 0 spiro atoms. The number of hydrogen-bond acceptors (Lipinski definition) is 3. The largest absolute Gasteiger partial charge is 0.496 e. The molecule has 4 nitrogen and oxygen atoms in total. The molecule has 76 valence electrons. The van der Waals surface area contributed by atoms with Crippen LogP contribution in [-0.2, 0) is 4.79 Å². The molecule has 0 aliphatic rings. The lowest BCUT2D eigenvalue weighted by atomic mass is 10.0. The van der Waals surface area contributed by atoms with Gasteiger partial charge in [0.2, 0.25) is 0 Å². The molecule has 0 radical (unpaired) electrons. The molecule has 1 unspecified atom stereocenters. The number of hydrogen-bond donors (Lipinski definition) is 2. The third-order valence-electron chi connectivity index (χ3n) is 1.93. The predicted octanol–water partition coefficient (Wildman–Crippen LogP) is 1.17. The van der Waals surface area contributed by atoms with Crippen LogP contribution < -0.4 is 10.5 Å². The van der Waals surface area contributed by atoms with Crippen molar-refractivity contribution in [3.05, 3.63) is 29.8 Å². The van der Waals surface area contributed by atoms with Gasteiger partial charge in [-0.3, -0.25) is 4.79 Å². The van der Waals surface area contributed by atoms with Gasteiger partial charge in [0.1, 0.15) is 5.75 Å². The number of carboxylic acid groups (broad SMARTS) is 1. The highest BCUT2D eigenvalue weighted by atomic mass is 16.5. The molecule has 4 heteroatoms. The molecular formula is C10H13NO3. The van der Waals surface area contributed by atoms with Gasteiger partial charge in [-0.2, -0.15) is 0 Å². The van der Waals surface area contributed by atoms with Crippen molar-refractivity contribution < 1.29 is 14.6 Å². The summed E-state index contributed by atoms with van der Waals surface area (Å²) in [6, 6.07) is 6.63. The van der Waals surface area contributed by atoms with E-state index in [4.69, 9.17) is 15.6 Å². The monoisotopic (exact) mass is 195 g/mol. The maximum atomic E-state index is 10.5. The Labute approximate surface area is 82.3 Å². The topological polar surface area (TPSA) is 72.5 Å². The summed E-state index contributed by atoms with van der Waals surface area (Å²) in [7, 11) is 1.53. The molecule has 0 amide bonds. The smallest absolute Gasteiger partial charge is 0.305 e. The minimum atomic E-state index is -0.914. The number of carbonyl (C=O) groups is 1. The number of rotatable bonds is 4. The Balaban J connectivity index is 2.87. The van der Waals surface area contributed by atoms with Crippen LogP contribution >= 0.6 is 0 Å². The lowest BCUT2D eigenvalue weighted by Crippen LogP contribution is -2.15. The van der Waals surface area contributed by atoms with Gasteiger partial charge in [-0.05, 0) is 6.07 Å². The summed E-state index contributed by atoms with van der Waals surface area (Å²) in [6.45, 7) is 0. The lowest BCUT2D eigenvalue weighted by molar-refractivity contribution is -0.137. The van der Waals surface area contributed by atoms with E-state index in [2.05, 4.69) is 0 Å². The zero-order chi connectivity index (χ0) is 10.6. The molecule has 0 saturated carbocycles. The Morgan fingerprint density at radius 3 is 2.79 bits per heavy atom. The number of benzene rings is 1. The number of carboxylic acids is 1. The van der Waals surface area contributed by atoms with Gasteiger partial charge in [-0.25, -0.2) is 0 Å². The van der Waals surface area contributed by atoms with Crippen LogP contribution in [0.3, 0.4) is 0 Å². The standard InChI is InChI=1S/C10H13NO3/c1-14-9-5-3-2-4-7(9)8(11)6-10(12)13/h2-5,8H,6,11H2,1H3,(H,12,13). The van der Waals surface area contributed by atoms with Crippen LogP contribution in [0.25, 0.3) is 0 Å². The fraction of sp³-hybridized carbons (Fsp3) is 0.300. The van der Waals surface area contributed by atoms with Gasteiger partial charge < -0.3 is 15.6 Å². The number of ether oxygens (including phenoxy) is 1. The second kappa shape index (κ2) is 4.62. The summed E-state index contributed by atoms with van der Waals surface area (Å²) < 4.78 is 5.08. The average molecular weight is 195 g/mol. The van der Waals surface area contributed by atoms with Gasteiger partial charge in [-0.15, -0.1) is 0 Å². The van der Waals surface area contributed by atoms with E-state index in [0.29, 0.717) is 5.75 Å². The summed E-state index contributed by atoms with van der Waals surface area (Å²) >= 11 is 0. The van der Waals surface area contributed by atoms with Crippen LogP contribution in [0.4, 0.5) is 0 Å². The van der Waals surface area contributed by atoms with Crippen molar-refractivity contribution in [1.82, 2.24) is 0 Å². The van der Waals surface area contributed by atoms with Gasteiger partial charge in [0.25, 0.3) is 0 Å². The van der Waals surface area contributed by atoms with Crippen molar-refractivity contribution in [3.8, 4) is 5.75 Å². The molecular weight excluding hydrogens is 182 g/mol. The Kier molecular flexibility index (Phi) is 3.48. The Morgan fingerprint density at radius 1 is 1.57 bits per heavy atom. The fourth-order valence-electron chi connectivity index (χ4n) is 1.27. The maximum absolute atomic E-state index is 10.5. The maximum Gasteiger partial charge on any atom is 0.305 e. The van der Waals surface area contributed by atoms with Crippen LogP contribution in [0, 0.1) is 0 Å². The minimum absolute atomic E-state index is 0.0969. The van der Waals surface area contributed by atoms with Crippen LogP contribution in [-0.4, -0.2) is 18.2 Å². The van der Waals surface area contributed by atoms with Gasteiger partial charge in [-0.1, -0.05) is 18.2 Å². The van der Waals surface area contributed by atoms with Gasteiger partial charge >= 0.3 is 5.97 Å². The zero-order valence-electron chi connectivity index (χ0n) is 7.93. The van der Waals surface area contributed by atoms with Crippen molar-refractivity contribution in [2.24, 2.45) is 5.73 Å². The first-order valence-corrected chi connectivity index (χ1v) is 4.25. The molecule has 1 atom stereocenters. The molecule has 14 heavy (non-hydrogen) atoms. The quantitative estimate of drug-likeness (QED) is 0.756. The minimum Gasteiger partial charge on any atom is -0.496 e. The highest BCUT2D eigenvalue weighted by Gasteiger charge is 2.14. The number of nitrogens with two attached hydrogens (primary N) is 1. The Hall–Kier alpha value is -1.55. The van der Waals surface area contributed by atoms with Crippen molar-refractivity contribution in [2.45, 2.75) is 12.5 Å². The third-order valence-corrected chi connectivity index (χ3v) is 1.93. The Bertz CT molecular complexity index is 325. The van der Waals surface area contributed by atoms with Gasteiger partial charge in [0.05, 0.1) is 13.5 Å². The van der Waals surface area contributed by atoms with Crippen LogP contribution in [0.2, 0.25) is 0 Å². The van der Waals surface area contributed by atoms with Gasteiger partial charge in [0, 0.05) is 11.6 Å². The first-order valence-electron chi connectivity index (χ1n) is 4.25.